The second-order valence-electron chi connectivity index (χ2n) is 4.91. The topological polar surface area (TPSA) is 95.0 Å². The third-order valence-electron chi connectivity index (χ3n) is 3.28. The second kappa shape index (κ2) is 6.04. The summed E-state index contributed by atoms with van der Waals surface area (Å²) >= 11 is 0. The van der Waals surface area contributed by atoms with Crippen LogP contribution in [0.1, 0.15) is 13.3 Å². The minimum Gasteiger partial charge on any atom is -0.378 e. The lowest BCUT2D eigenvalue weighted by Crippen LogP contribution is -2.37. The average Bonchev–Trinajstić information content (AvgIpc) is 2.97. The molecule has 0 radical (unpaired) electrons. The smallest absolute Gasteiger partial charge is 0.230 e. The van der Waals surface area contributed by atoms with Crippen LogP contribution in [0, 0.1) is 0 Å². The fourth-order valence-electron chi connectivity index (χ4n) is 2.24. The number of hydrogen-bond donors (Lipinski definition) is 1. The molecule has 21 heavy (non-hydrogen) atoms. The van der Waals surface area contributed by atoms with Crippen LogP contribution >= 0.6 is 0 Å². The molecule has 0 aromatic carbocycles. The molecule has 1 saturated heterocycles. The van der Waals surface area contributed by atoms with Crippen molar-refractivity contribution < 1.29 is 4.74 Å². The van der Waals surface area contributed by atoms with Crippen molar-refractivity contribution in [2.24, 2.45) is 0 Å². The Morgan fingerprint density at radius 2 is 2.05 bits per heavy atom. The number of nitrogens with zero attached hydrogens (tertiary/aromatic N) is 6. The monoisotopic (exact) mass is 289 g/mol. The Kier molecular flexibility index (Phi) is 3.96. The number of rotatable bonds is 4. The van der Waals surface area contributed by atoms with Gasteiger partial charge in [0.05, 0.1) is 25.0 Å². The normalized spacial score (nSPS) is 15.4. The van der Waals surface area contributed by atoms with E-state index in [0.717, 1.165) is 31.6 Å². The van der Waals surface area contributed by atoms with E-state index < -0.39 is 0 Å². The molecule has 0 bridgehead atoms. The number of aromatic nitrogens is 5. The van der Waals surface area contributed by atoms with E-state index in [9.17, 15) is 0 Å². The van der Waals surface area contributed by atoms with E-state index in [2.05, 4.69) is 31.9 Å². The minimum atomic E-state index is 0.227. The van der Waals surface area contributed by atoms with Crippen molar-refractivity contribution in [2.45, 2.75) is 19.9 Å². The van der Waals surface area contributed by atoms with Gasteiger partial charge < -0.3 is 15.4 Å². The van der Waals surface area contributed by atoms with Gasteiger partial charge in [-0.3, -0.25) is 4.68 Å². The van der Waals surface area contributed by atoms with Gasteiger partial charge in [-0.15, -0.1) is 0 Å². The molecular weight excluding hydrogens is 270 g/mol. The highest BCUT2D eigenvalue weighted by atomic mass is 16.5. The van der Waals surface area contributed by atoms with E-state index in [1.807, 2.05) is 10.9 Å². The molecule has 3 heterocycles. The molecule has 3 rings (SSSR count). The first kappa shape index (κ1) is 13.7. The summed E-state index contributed by atoms with van der Waals surface area (Å²) in [5, 5.41) is 4.30. The number of nitrogens with two attached hydrogens (primary N) is 1. The quantitative estimate of drug-likeness (QED) is 0.878. The molecule has 8 nitrogen and oxygen atoms in total. The summed E-state index contributed by atoms with van der Waals surface area (Å²) in [6.45, 7) is 5.86. The van der Waals surface area contributed by atoms with Gasteiger partial charge in [0.1, 0.15) is 0 Å². The van der Waals surface area contributed by atoms with Crippen LogP contribution in [0.4, 0.5) is 11.9 Å². The minimum absolute atomic E-state index is 0.227. The zero-order chi connectivity index (χ0) is 14.7. The first-order chi connectivity index (χ1) is 10.3. The van der Waals surface area contributed by atoms with E-state index in [-0.39, 0.29) is 5.95 Å². The number of nitrogen functional groups attached to an aromatic ring is 1. The molecule has 112 valence electrons. The largest absolute Gasteiger partial charge is 0.378 e. The average molecular weight is 289 g/mol. The van der Waals surface area contributed by atoms with Crippen LogP contribution in [0.15, 0.2) is 12.4 Å². The van der Waals surface area contributed by atoms with Gasteiger partial charge in [0.25, 0.3) is 0 Å². The summed E-state index contributed by atoms with van der Waals surface area (Å²) in [7, 11) is 0. The van der Waals surface area contributed by atoms with Crippen molar-refractivity contribution in [3.63, 3.8) is 0 Å². The summed E-state index contributed by atoms with van der Waals surface area (Å²) in [6.07, 6.45) is 4.72. The number of ether oxygens (including phenoxy) is 1. The summed E-state index contributed by atoms with van der Waals surface area (Å²) in [6, 6.07) is 0. The number of morpholine rings is 1. The van der Waals surface area contributed by atoms with E-state index in [4.69, 9.17) is 10.5 Å². The van der Waals surface area contributed by atoms with Gasteiger partial charge in [0.2, 0.25) is 11.9 Å². The van der Waals surface area contributed by atoms with Gasteiger partial charge in [0, 0.05) is 25.8 Å². The van der Waals surface area contributed by atoms with Crippen LogP contribution in [0.2, 0.25) is 0 Å². The van der Waals surface area contributed by atoms with E-state index in [1.165, 1.54) is 0 Å². The number of aryl methyl sites for hydroxylation is 1. The van der Waals surface area contributed by atoms with Crippen LogP contribution in [0.25, 0.3) is 11.4 Å². The molecule has 2 N–H and O–H groups in total. The highest BCUT2D eigenvalue weighted by molar-refractivity contribution is 5.55. The first-order valence-corrected chi connectivity index (χ1v) is 7.13. The van der Waals surface area contributed by atoms with Gasteiger partial charge in [0.15, 0.2) is 5.82 Å². The Labute approximate surface area is 123 Å². The van der Waals surface area contributed by atoms with E-state index in [0.29, 0.717) is 25.0 Å². The summed E-state index contributed by atoms with van der Waals surface area (Å²) in [5.41, 5.74) is 6.68. The Hall–Kier alpha value is -2.22. The van der Waals surface area contributed by atoms with Crippen LogP contribution in [-0.2, 0) is 11.3 Å². The van der Waals surface area contributed by atoms with Gasteiger partial charge in [-0.2, -0.15) is 20.1 Å². The molecule has 8 heteroatoms. The Balaban J connectivity index is 1.89. The molecule has 2 aromatic heterocycles. The Morgan fingerprint density at radius 3 is 2.81 bits per heavy atom. The SMILES string of the molecule is CCCn1cc(-c2nc(N)nc(N3CCOCC3)n2)cn1. The summed E-state index contributed by atoms with van der Waals surface area (Å²) in [5.74, 6) is 1.39. The summed E-state index contributed by atoms with van der Waals surface area (Å²) < 4.78 is 7.22. The maximum atomic E-state index is 5.82. The van der Waals surface area contributed by atoms with Crippen molar-refractivity contribution in [3.05, 3.63) is 12.4 Å². The predicted molar refractivity (Wildman–Crippen MR) is 78.8 cm³/mol. The molecule has 0 saturated carbocycles. The molecule has 2 aromatic rings. The Bertz CT molecular complexity index is 606. The molecule has 0 amide bonds. The van der Waals surface area contributed by atoms with Crippen LogP contribution < -0.4 is 10.6 Å². The highest BCUT2D eigenvalue weighted by Gasteiger charge is 2.17. The van der Waals surface area contributed by atoms with E-state index >= 15 is 0 Å². The highest BCUT2D eigenvalue weighted by Crippen LogP contribution is 2.19. The van der Waals surface area contributed by atoms with Gasteiger partial charge in [-0.25, -0.2) is 0 Å². The third-order valence-corrected chi connectivity index (χ3v) is 3.28. The molecule has 1 aliphatic rings. The van der Waals surface area contributed by atoms with E-state index in [1.54, 1.807) is 6.20 Å². The first-order valence-electron chi connectivity index (χ1n) is 7.13. The molecule has 0 spiro atoms. The Morgan fingerprint density at radius 1 is 1.24 bits per heavy atom. The maximum Gasteiger partial charge on any atom is 0.230 e. The lowest BCUT2D eigenvalue weighted by molar-refractivity contribution is 0.122. The van der Waals surface area contributed by atoms with Crippen molar-refractivity contribution >= 4 is 11.9 Å². The standard InChI is InChI=1S/C13H19N7O/c1-2-3-20-9-10(8-15-20)11-16-12(14)18-13(17-11)19-4-6-21-7-5-19/h8-9H,2-7H2,1H3,(H2,14,16,17,18). The number of hydrogen-bond acceptors (Lipinski definition) is 7. The molecule has 0 aliphatic carbocycles. The second-order valence-corrected chi connectivity index (χ2v) is 4.91. The van der Waals surface area contributed by atoms with Gasteiger partial charge >= 0.3 is 0 Å². The zero-order valence-electron chi connectivity index (χ0n) is 12.1. The van der Waals surface area contributed by atoms with Crippen molar-refractivity contribution in [1.29, 1.82) is 0 Å². The van der Waals surface area contributed by atoms with Crippen LogP contribution in [0.5, 0.6) is 0 Å². The lowest BCUT2D eigenvalue weighted by Gasteiger charge is -2.26. The van der Waals surface area contributed by atoms with Crippen LogP contribution in [-0.4, -0.2) is 51.0 Å². The third kappa shape index (κ3) is 3.10. The van der Waals surface area contributed by atoms with Crippen molar-refractivity contribution in [3.8, 4) is 11.4 Å². The molecule has 0 unspecified atom stereocenters. The zero-order valence-corrected chi connectivity index (χ0v) is 12.1. The summed E-state index contributed by atoms with van der Waals surface area (Å²) in [4.78, 5) is 15.0. The fourth-order valence-corrected chi connectivity index (χ4v) is 2.24. The van der Waals surface area contributed by atoms with Gasteiger partial charge in [-0.1, -0.05) is 6.92 Å². The maximum absolute atomic E-state index is 5.82. The molecule has 1 aliphatic heterocycles. The van der Waals surface area contributed by atoms with Crippen LogP contribution in [0.3, 0.4) is 0 Å². The fraction of sp³-hybridized carbons (Fsp3) is 0.538. The number of anilines is 2. The molecule has 0 atom stereocenters. The lowest BCUT2D eigenvalue weighted by atomic mass is 10.3. The predicted octanol–water partition coefficient (Wildman–Crippen LogP) is 0.564. The van der Waals surface area contributed by atoms with Crippen molar-refractivity contribution in [1.82, 2.24) is 24.7 Å². The molecular formula is C13H19N7O. The molecule has 1 fully saturated rings. The van der Waals surface area contributed by atoms with Gasteiger partial charge in [-0.05, 0) is 6.42 Å². The van der Waals surface area contributed by atoms with Crippen molar-refractivity contribution in [2.75, 3.05) is 36.9 Å².